The summed E-state index contributed by atoms with van der Waals surface area (Å²) in [7, 11) is 0. The highest BCUT2D eigenvalue weighted by molar-refractivity contribution is 5.64. The summed E-state index contributed by atoms with van der Waals surface area (Å²) >= 11 is 0. The molecule has 1 amide bonds. The summed E-state index contributed by atoms with van der Waals surface area (Å²) in [6.07, 6.45) is 0.343. The van der Waals surface area contributed by atoms with E-state index in [2.05, 4.69) is 24.4 Å². The van der Waals surface area contributed by atoms with Crippen molar-refractivity contribution in [1.82, 2.24) is 5.32 Å². The van der Waals surface area contributed by atoms with Gasteiger partial charge in [-0.15, -0.1) is 0 Å². The molecule has 0 aromatic heterocycles. The summed E-state index contributed by atoms with van der Waals surface area (Å²) in [6, 6.07) is 10.3. The quantitative estimate of drug-likeness (QED) is 0.783. The van der Waals surface area contributed by atoms with Gasteiger partial charge < -0.3 is 20.9 Å². The summed E-state index contributed by atoms with van der Waals surface area (Å²) in [5.41, 5.74) is 6.19. The monoisotopic (exact) mass is 278 g/mol. The molecule has 1 unspecified atom stereocenters. The number of ether oxygens (including phenoxy) is 1. The molecular weight excluding hydrogens is 256 g/mol. The number of amides is 1. The van der Waals surface area contributed by atoms with Crippen LogP contribution in [0.4, 0.5) is 4.79 Å². The molecule has 1 aliphatic carbocycles. The number of nitrogens with two attached hydrogens (primary N) is 1. The minimum absolute atomic E-state index is 0.0120. The topological polar surface area (TPSA) is 84.6 Å². The Hall–Kier alpha value is -1.59. The van der Waals surface area contributed by atoms with E-state index in [0.29, 0.717) is 6.42 Å². The lowest BCUT2D eigenvalue weighted by Gasteiger charge is -2.34. The third kappa shape index (κ3) is 3.95. The number of nitrogens with one attached hydrogen (secondary N) is 1. The molecule has 1 fully saturated rings. The van der Waals surface area contributed by atoms with E-state index in [1.54, 1.807) is 0 Å². The van der Waals surface area contributed by atoms with Crippen LogP contribution in [0, 0.1) is 0 Å². The van der Waals surface area contributed by atoms with Crippen LogP contribution in [-0.4, -0.2) is 29.4 Å². The van der Waals surface area contributed by atoms with Gasteiger partial charge in [0.25, 0.3) is 0 Å². The molecule has 1 saturated carbocycles. The number of hydrogen-bond acceptors (Lipinski definition) is 4. The number of rotatable bonds is 4. The van der Waals surface area contributed by atoms with Crippen LogP contribution in [0.25, 0.3) is 0 Å². The van der Waals surface area contributed by atoms with Crippen molar-refractivity contribution in [3.8, 4) is 0 Å². The van der Waals surface area contributed by atoms with Crippen molar-refractivity contribution in [3.63, 3.8) is 0 Å². The summed E-state index contributed by atoms with van der Waals surface area (Å²) in [5, 5.41) is 13.6. The van der Waals surface area contributed by atoms with Crippen LogP contribution in [0.5, 0.6) is 0 Å². The van der Waals surface area contributed by atoms with E-state index in [4.69, 9.17) is 10.5 Å². The van der Waals surface area contributed by atoms with E-state index in [9.17, 15) is 9.90 Å². The molecule has 0 aliphatic heterocycles. The fourth-order valence-electron chi connectivity index (χ4n) is 2.73. The zero-order valence-corrected chi connectivity index (χ0v) is 11.7. The van der Waals surface area contributed by atoms with Gasteiger partial charge in [0.1, 0.15) is 6.10 Å². The predicted octanol–water partition coefficient (Wildman–Crippen LogP) is 1.71. The van der Waals surface area contributed by atoms with Gasteiger partial charge in [0.05, 0.1) is 6.10 Å². The third-order valence-corrected chi connectivity index (χ3v) is 3.81. The Labute approximate surface area is 119 Å². The van der Waals surface area contributed by atoms with Crippen molar-refractivity contribution < 1.29 is 14.6 Å². The number of benzene rings is 1. The van der Waals surface area contributed by atoms with Gasteiger partial charge in [-0.1, -0.05) is 30.3 Å². The van der Waals surface area contributed by atoms with Crippen LogP contribution >= 0.6 is 0 Å². The number of carbonyl (C=O) groups excluding carboxylic acids is 1. The molecule has 0 heterocycles. The highest BCUT2D eigenvalue weighted by Crippen LogP contribution is 2.24. The van der Waals surface area contributed by atoms with Crippen molar-refractivity contribution in [2.45, 2.75) is 50.5 Å². The van der Waals surface area contributed by atoms with Crippen molar-refractivity contribution in [2.24, 2.45) is 5.73 Å². The minimum atomic E-state index is -0.772. The Morgan fingerprint density at radius 3 is 2.70 bits per heavy atom. The Morgan fingerprint density at radius 2 is 2.10 bits per heavy atom. The number of hydrogen-bond donors (Lipinski definition) is 3. The first kappa shape index (κ1) is 14.8. The average Bonchev–Trinajstić information content (AvgIpc) is 2.42. The first-order chi connectivity index (χ1) is 9.56. The fraction of sp³-hybridized carbons (Fsp3) is 0.533. The average molecular weight is 278 g/mol. The SMILES string of the molecule is CC(N[C@@H]1CC[C@@H](OC(N)=O)C[C@H]1O)c1ccccc1. The number of aliphatic hydroxyl groups is 1. The van der Waals surface area contributed by atoms with Gasteiger partial charge >= 0.3 is 6.09 Å². The lowest BCUT2D eigenvalue weighted by atomic mass is 9.89. The van der Waals surface area contributed by atoms with Crippen molar-refractivity contribution in [2.75, 3.05) is 0 Å². The summed E-state index contributed by atoms with van der Waals surface area (Å²) in [4.78, 5) is 10.7. The number of carbonyl (C=O) groups is 1. The molecule has 4 atom stereocenters. The molecule has 0 radical (unpaired) electrons. The van der Waals surface area contributed by atoms with Gasteiger partial charge in [-0.25, -0.2) is 4.79 Å². The van der Waals surface area contributed by atoms with Gasteiger partial charge in [-0.05, 0) is 25.3 Å². The van der Waals surface area contributed by atoms with E-state index in [0.717, 1.165) is 12.8 Å². The molecule has 110 valence electrons. The van der Waals surface area contributed by atoms with E-state index in [-0.39, 0.29) is 18.2 Å². The van der Waals surface area contributed by atoms with E-state index in [1.807, 2.05) is 18.2 Å². The zero-order valence-electron chi connectivity index (χ0n) is 11.7. The van der Waals surface area contributed by atoms with Crippen LogP contribution in [0.2, 0.25) is 0 Å². The third-order valence-electron chi connectivity index (χ3n) is 3.81. The Bertz CT molecular complexity index is 438. The number of aliphatic hydroxyl groups excluding tert-OH is 1. The Kier molecular flexibility index (Phi) is 4.98. The molecular formula is C15H22N2O3. The van der Waals surface area contributed by atoms with E-state index in [1.165, 1.54) is 5.56 Å². The van der Waals surface area contributed by atoms with Gasteiger partial charge in [0.2, 0.25) is 0 Å². The van der Waals surface area contributed by atoms with Gasteiger partial charge in [-0.2, -0.15) is 0 Å². The van der Waals surface area contributed by atoms with Crippen LogP contribution in [0.3, 0.4) is 0 Å². The van der Waals surface area contributed by atoms with E-state index < -0.39 is 12.2 Å². The van der Waals surface area contributed by atoms with Gasteiger partial charge in [0, 0.05) is 18.5 Å². The summed E-state index contributed by atoms with van der Waals surface area (Å²) in [6.45, 7) is 2.08. The second kappa shape index (κ2) is 6.72. The maximum Gasteiger partial charge on any atom is 0.404 e. The second-order valence-corrected chi connectivity index (χ2v) is 5.34. The van der Waals surface area contributed by atoms with Crippen molar-refractivity contribution in [3.05, 3.63) is 35.9 Å². The molecule has 5 heteroatoms. The Morgan fingerprint density at radius 1 is 1.40 bits per heavy atom. The molecule has 1 aromatic carbocycles. The first-order valence-corrected chi connectivity index (χ1v) is 7.01. The Balaban J connectivity index is 1.87. The van der Waals surface area contributed by atoms with Gasteiger partial charge in [-0.3, -0.25) is 0 Å². The summed E-state index contributed by atoms with van der Waals surface area (Å²) < 4.78 is 4.95. The standard InChI is InChI=1S/C15H22N2O3/c1-10(11-5-3-2-4-6-11)17-13-8-7-12(9-14(13)18)20-15(16)19/h2-6,10,12-14,17-18H,7-9H2,1H3,(H2,16,19)/t10?,12-,13-,14-/m1/s1. The van der Waals surface area contributed by atoms with Crippen molar-refractivity contribution >= 4 is 6.09 Å². The maximum absolute atomic E-state index is 10.7. The minimum Gasteiger partial charge on any atom is -0.446 e. The van der Waals surface area contributed by atoms with Crippen LogP contribution in [0.1, 0.15) is 37.8 Å². The molecule has 1 aliphatic rings. The normalized spacial score (nSPS) is 27.8. The van der Waals surface area contributed by atoms with Crippen LogP contribution < -0.4 is 11.1 Å². The fourth-order valence-corrected chi connectivity index (χ4v) is 2.73. The molecule has 0 spiro atoms. The lowest BCUT2D eigenvalue weighted by molar-refractivity contribution is 0.00538. The molecule has 1 aromatic rings. The zero-order chi connectivity index (χ0) is 14.5. The van der Waals surface area contributed by atoms with E-state index >= 15 is 0 Å². The highest BCUT2D eigenvalue weighted by atomic mass is 16.6. The maximum atomic E-state index is 10.7. The molecule has 4 N–H and O–H groups in total. The smallest absolute Gasteiger partial charge is 0.404 e. The lowest BCUT2D eigenvalue weighted by Crippen LogP contribution is -2.47. The molecule has 2 rings (SSSR count). The molecule has 20 heavy (non-hydrogen) atoms. The van der Waals surface area contributed by atoms with Crippen molar-refractivity contribution in [1.29, 1.82) is 0 Å². The largest absolute Gasteiger partial charge is 0.446 e. The first-order valence-electron chi connectivity index (χ1n) is 7.01. The summed E-state index contributed by atoms with van der Waals surface area (Å²) in [5.74, 6) is 0. The van der Waals surface area contributed by atoms with Gasteiger partial charge in [0.15, 0.2) is 0 Å². The molecule has 5 nitrogen and oxygen atoms in total. The molecule has 0 saturated heterocycles. The highest BCUT2D eigenvalue weighted by Gasteiger charge is 2.31. The molecule has 0 bridgehead atoms. The predicted molar refractivity (Wildman–Crippen MR) is 76.1 cm³/mol. The second-order valence-electron chi connectivity index (χ2n) is 5.34. The van der Waals surface area contributed by atoms with Crippen LogP contribution in [-0.2, 0) is 4.74 Å². The number of primary amides is 1. The van der Waals surface area contributed by atoms with Crippen LogP contribution in [0.15, 0.2) is 30.3 Å².